The summed E-state index contributed by atoms with van der Waals surface area (Å²) in [6.07, 6.45) is 8.36. The van der Waals surface area contributed by atoms with Crippen LogP contribution < -0.4 is 0 Å². The molecule has 0 aliphatic heterocycles. The van der Waals surface area contributed by atoms with Crippen LogP contribution in [0.1, 0.15) is 10.9 Å². The van der Waals surface area contributed by atoms with Crippen LogP contribution in [0.3, 0.4) is 0 Å². The van der Waals surface area contributed by atoms with Gasteiger partial charge in [-0.1, -0.05) is 66.0 Å². The van der Waals surface area contributed by atoms with Crippen molar-refractivity contribution in [1.82, 2.24) is 19.8 Å². The third kappa shape index (κ3) is 1.70. The van der Waals surface area contributed by atoms with E-state index in [2.05, 4.69) is 27.4 Å². The van der Waals surface area contributed by atoms with E-state index in [1.807, 2.05) is 47.0 Å². The molecule has 2 heterocycles. The van der Waals surface area contributed by atoms with Crippen molar-refractivity contribution >= 4 is 16.3 Å². The number of hydrogen-bond donors (Lipinski definition) is 0. The van der Waals surface area contributed by atoms with Gasteiger partial charge in [0.2, 0.25) is 4.96 Å². The SMILES string of the molecule is C1=CC(c2nn3c(-c4ccccc4)nnc3s2)C=C1. The van der Waals surface area contributed by atoms with Gasteiger partial charge in [-0.3, -0.25) is 0 Å². The van der Waals surface area contributed by atoms with E-state index in [9.17, 15) is 0 Å². The summed E-state index contributed by atoms with van der Waals surface area (Å²) >= 11 is 1.59. The molecular weight excluding hydrogens is 256 g/mol. The normalized spacial score (nSPS) is 14.7. The molecule has 1 aromatic carbocycles. The van der Waals surface area contributed by atoms with Crippen LogP contribution in [-0.2, 0) is 0 Å². The van der Waals surface area contributed by atoms with Gasteiger partial charge in [0.15, 0.2) is 5.82 Å². The Morgan fingerprint density at radius 2 is 1.79 bits per heavy atom. The van der Waals surface area contributed by atoms with Crippen LogP contribution in [0.2, 0.25) is 0 Å². The number of rotatable bonds is 2. The molecule has 1 aliphatic carbocycles. The van der Waals surface area contributed by atoms with Gasteiger partial charge in [0, 0.05) is 11.5 Å². The Balaban J connectivity index is 1.85. The van der Waals surface area contributed by atoms with Crippen LogP contribution in [0.25, 0.3) is 16.3 Å². The zero-order valence-electron chi connectivity index (χ0n) is 9.97. The topological polar surface area (TPSA) is 43.1 Å². The minimum absolute atomic E-state index is 0.273. The maximum absolute atomic E-state index is 4.64. The number of aromatic nitrogens is 4. The van der Waals surface area contributed by atoms with Crippen molar-refractivity contribution in [2.45, 2.75) is 5.92 Å². The summed E-state index contributed by atoms with van der Waals surface area (Å²) < 4.78 is 1.83. The van der Waals surface area contributed by atoms with E-state index in [1.165, 1.54) is 0 Å². The molecule has 0 saturated heterocycles. The van der Waals surface area contributed by atoms with Gasteiger partial charge in [0.05, 0.1) is 0 Å². The van der Waals surface area contributed by atoms with E-state index in [0.717, 1.165) is 21.4 Å². The average Bonchev–Trinajstić information content (AvgIpc) is 3.15. The van der Waals surface area contributed by atoms with E-state index in [4.69, 9.17) is 0 Å². The molecule has 0 radical (unpaired) electrons. The number of hydrogen-bond acceptors (Lipinski definition) is 4. The molecule has 4 rings (SSSR count). The molecule has 0 saturated carbocycles. The summed E-state index contributed by atoms with van der Waals surface area (Å²) in [5.41, 5.74) is 1.03. The van der Waals surface area contributed by atoms with Gasteiger partial charge in [0.25, 0.3) is 0 Å². The van der Waals surface area contributed by atoms with Crippen LogP contribution in [-0.4, -0.2) is 19.8 Å². The smallest absolute Gasteiger partial charge is 0.183 e. The van der Waals surface area contributed by atoms with Gasteiger partial charge in [-0.15, -0.1) is 10.2 Å². The van der Waals surface area contributed by atoms with Crippen molar-refractivity contribution in [2.75, 3.05) is 0 Å². The van der Waals surface area contributed by atoms with E-state index in [-0.39, 0.29) is 5.92 Å². The number of allylic oxidation sites excluding steroid dienone is 4. The number of benzene rings is 1. The van der Waals surface area contributed by atoms with Crippen LogP contribution in [0.4, 0.5) is 0 Å². The Morgan fingerprint density at radius 1 is 1.00 bits per heavy atom. The third-order valence-electron chi connectivity index (χ3n) is 3.07. The first-order chi connectivity index (χ1) is 9.42. The van der Waals surface area contributed by atoms with E-state index >= 15 is 0 Å². The van der Waals surface area contributed by atoms with Gasteiger partial charge >= 0.3 is 0 Å². The van der Waals surface area contributed by atoms with E-state index in [0.29, 0.717) is 0 Å². The fourth-order valence-electron chi connectivity index (χ4n) is 2.13. The molecule has 92 valence electrons. The maximum Gasteiger partial charge on any atom is 0.234 e. The number of fused-ring (bicyclic) bond motifs is 1. The van der Waals surface area contributed by atoms with Crippen LogP contribution in [0, 0.1) is 0 Å². The zero-order chi connectivity index (χ0) is 12.7. The highest BCUT2D eigenvalue weighted by Gasteiger charge is 2.17. The molecule has 19 heavy (non-hydrogen) atoms. The summed E-state index contributed by atoms with van der Waals surface area (Å²) in [5.74, 6) is 1.07. The van der Waals surface area contributed by atoms with Crippen molar-refractivity contribution in [3.8, 4) is 11.4 Å². The van der Waals surface area contributed by atoms with Crippen LogP contribution >= 0.6 is 11.3 Å². The first kappa shape index (κ1) is 10.6. The van der Waals surface area contributed by atoms with Crippen LogP contribution in [0.15, 0.2) is 54.6 Å². The van der Waals surface area contributed by atoms with Gasteiger partial charge < -0.3 is 0 Å². The largest absolute Gasteiger partial charge is 0.234 e. The lowest BCUT2D eigenvalue weighted by Gasteiger charge is -1.98. The average molecular weight is 266 g/mol. The molecule has 5 heteroatoms. The summed E-state index contributed by atoms with van der Waals surface area (Å²) in [6.45, 7) is 0. The summed E-state index contributed by atoms with van der Waals surface area (Å²) in [7, 11) is 0. The van der Waals surface area contributed by atoms with Crippen molar-refractivity contribution in [3.05, 3.63) is 59.6 Å². The molecule has 0 bridgehead atoms. The second-order valence-electron chi connectivity index (χ2n) is 4.32. The zero-order valence-corrected chi connectivity index (χ0v) is 10.8. The van der Waals surface area contributed by atoms with E-state index in [1.54, 1.807) is 11.3 Å². The molecule has 2 aromatic heterocycles. The van der Waals surface area contributed by atoms with Gasteiger partial charge in [-0.2, -0.15) is 9.61 Å². The summed E-state index contributed by atoms with van der Waals surface area (Å²) in [5, 5.41) is 14.1. The molecule has 0 fully saturated rings. The Morgan fingerprint density at radius 3 is 2.58 bits per heavy atom. The van der Waals surface area contributed by atoms with Gasteiger partial charge in [-0.25, -0.2) is 0 Å². The van der Waals surface area contributed by atoms with Crippen molar-refractivity contribution in [1.29, 1.82) is 0 Å². The molecule has 0 unspecified atom stereocenters. The maximum atomic E-state index is 4.64. The Kier molecular flexibility index (Phi) is 2.31. The Labute approximate surface area is 113 Å². The molecule has 1 aliphatic rings. The Bertz CT molecular complexity index is 770. The monoisotopic (exact) mass is 266 g/mol. The highest BCUT2D eigenvalue weighted by atomic mass is 32.1. The van der Waals surface area contributed by atoms with E-state index < -0.39 is 0 Å². The lowest BCUT2D eigenvalue weighted by atomic mass is 10.2. The van der Waals surface area contributed by atoms with Crippen molar-refractivity contribution < 1.29 is 0 Å². The fourth-order valence-corrected chi connectivity index (χ4v) is 3.03. The number of nitrogens with zero attached hydrogens (tertiary/aromatic N) is 4. The fraction of sp³-hybridized carbons (Fsp3) is 0.0714. The lowest BCUT2D eigenvalue weighted by molar-refractivity contribution is 0.897. The first-order valence-electron chi connectivity index (χ1n) is 6.04. The third-order valence-corrected chi connectivity index (χ3v) is 4.07. The molecule has 3 aromatic rings. The molecular formula is C14H10N4S. The summed E-state index contributed by atoms with van der Waals surface area (Å²) in [6, 6.07) is 10.0. The molecule has 0 amide bonds. The van der Waals surface area contributed by atoms with Crippen LogP contribution in [0.5, 0.6) is 0 Å². The quantitative estimate of drug-likeness (QED) is 0.716. The molecule has 4 nitrogen and oxygen atoms in total. The minimum Gasteiger partial charge on any atom is -0.183 e. The highest BCUT2D eigenvalue weighted by molar-refractivity contribution is 7.16. The molecule has 0 atom stereocenters. The lowest BCUT2D eigenvalue weighted by Crippen LogP contribution is -1.94. The predicted molar refractivity (Wildman–Crippen MR) is 75.1 cm³/mol. The molecule has 0 N–H and O–H groups in total. The van der Waals surface area contributed by atoms with Crippen molar-refractivity contribution in [3.63, 3.8) is 0 Å². The van der Waals surface area contributed by atoms with Crippen molar-refractivity contribution in [2.24, 2.45) is 0 Å². The Hall–Kier alpha value is -2.27. The highest BCUT2D eigenvalue weighted by Crippen LogP contribution is 2.28. The van der Waals surface area contributed by atoms with Gasteiger partial charge in [-0.05, 0) is 0 Å². The van der Waals surface area contributed by atoms with Gasteiger partial charge in [0.1, 0.15) is 5.01 Å². The standard InChI is InChI=1S/C14H10N4S/c1-2-6-10(7-3-1)12-15-16-14-18(12)17-13(19-14)11-8-4-5-9-11/h1-9,11H. The second kappa shape index (κ2) is 4.13. The predicted octanol–water partition coefficient (Wildman–Crippen LogP) is 3.06. The first-order valence-corrected chi connectivity index (χ1v) is 6.86. The second-order valence-corrected chi connectivity index (χ2v) is 5.31. The summed E-state index contributed by atoms with van der Waals surface area (Å²) in [4.78, 5) is 0.836. The minimum atomic E-state index is 0.273. The molecule has 0 spiro atoms.